The Hall–Kier alpha value is -0.880. The number of sulfonamides is 1. The molecular formula is C11H19N3O2S. The lowest BCUT2D eigenvalue weighted by molar-refractivity contribution is 0.569. The molecule has 1 aliphatic rings. The predicted octanol–water partition coefficient (Wildman–Crippen LogP) is 1.44. The Morgan fingerprint density at radius 1 is 1.53 bits per heavy atom. The van der Waals surface area contributed by atoms with Crippen LogP contribution in [0.2, 0.25) is 0 Å². The summed E-state index contributed by atoms with van der Waals surface area (Å²) in [4.78, 5) is 6.80. The minimum atomic E-state index is -3.40. The fraction of sp³-hybridized carbons (Fsp3) is 0.727. The van der Waals surface area contributed by atoms with Crippen LogP contribution in [-0.2, 0) is 16.4 Å². The first kappa shape index (κ1) is 12.6. The summed E-state index contributed by atoms with van der Waals surface area (Å²) in [5, 5.41) is 0.167. The van der Waals surface area contributed by atoms with Crippen molar-refractivity contribution < 1.29 is 8.42 Å². The molecule has 1 saturated carbocycles. The maximum Gasteiger partial charge on any atom is 0.257 e. The lowest BCUT2D eigenvalue weighted by atomic mass is 10.2. The van der Waals surface area contributed by atoms with Gasteiger partial charge in [0.25, 0.3) is 10.0 Å². The van der Waals surface area contributed by atoms with E-state index in [9.17, 15) is 8.42 Å². The average molecular weight is 257 g/mol. The van der Waals surface area contributed by atoms with Gasteiger partial charge >= 0.3 is 0 Å². The van der Waals surface area contributed by atoms with Gasteiger partial charge in [-0.1, -0.05) is 19.8 Å². The fourth-order valence-electron chi connectivity index (χ4n) is 1.74. The van der Waals surface area contributed by atoms with Crippen LogP contribution in [0.15, 0.2) is 11.2 Å². The maximum absolute atomic E-state index is 11.8. The molecule has 2 N–H and O–H groups in total. The number of aryl methyl sites for hydroxylation is 1. The Labute approximate surface area is 102 Å². The molecule has 1 fully saturated rings. The van der Waals surface area contributed by atoms with Gasteiger partial charge in [0.1, 0.15) is 5.82 Å². The second kappa shape index (κ2) is 5.18. The quantitative estimate of drug-likeness (QED) is 0.726. The molecule has 2 rings (SSSR count). The first-order chi connectivity index (χ1) is 8.12. The number of nitrogens with zero attached hydrogens (tertiary/aromatic N) is 1. The molecule has 0 spiro atoms. The van der Waals surface area contributed by atoms with E-state index in [0.29, 0.717) is 18.8 Å². The first-order valence-corrected chi connectivity index (χ1v) is 7.63. The first-order valence-electron chi connectivity index (χ1n) is 6.15. The highest BCUT2D eigenvalue weighted by molar-refractivity contribution is 7.89. The minimum Gasteiger partial charge on any atom is -0.332 e. The van der Waals surface area contributed by atoms with Gasteiger partial charge in [0.05, 0.1) is 6.20 Å². The zero-order chi connectivity index (χ0) is 12.3. The predicted molar refractivity (Wildman–Crippen MR) is 65.1 cm³/mol. The van der Waals surface area contributed by atoms with Crippen LogP contribution in [0.5, 0.6) is 0 Å². The molecule has 0 bridgehead atoms. The van der Waals surface area contributed by atoms with Crippen molar-refractivity contribution in [3.8, 4) is 0 Å². The standard InChI is InChI=1S/C11H19N3O2S/c1-2-10-12-8-11(14-10)17(15,16)13-7-3-4-9-5-6-9/h8-9,13H,2-7H2,1H3,(H,12,14). The van der Waals surface area contributed by atoms with Crippen LogP contribution >= 0.6 is 0 Å². The Kier molecular flexibility index (Phi) is 3.83. The van der Waals surface area contributed by atoms with Crippen molar-refractivity contribution >= 4 is 10.0 Å². The van der Waals surface area contributed by atoms with Gasteiger partial charge in [0.2, 0.25) is 0 Å². The molecular weight excluding hydrogens is 238 g/mol. The second-order valence-electron chi connectivity index (χ2n) is 4.53. The largest absolute Gasteiger partial charge is 0.332 e. The van der Waals surface area contributed by atoms with Gasteiger partial charge in [-0.05, 0) is 18.8 Å². The molecule has 0 amide bonds. The Morgan fingerprint density at radius 2 is 2.29 bits per heavy atom. The molecule has 0 unspecified atom stereocenters. The number of rotatable bonds is 7. The summed E-state index contributed by atoms with van der Waals surface area (Å²) in [6, 6.07) is 0. The lowest BCUT2D eigenvalue weighted by Crippen LogP contribution is -2.25. The molecule has 0 saturated heterocycles. The van der Waals surface area contributed by atoms with E-state index < -0.39 is 10.0 Å². The van der Waals surface area contributed by atoms with Crippen LogP contribution in [-0.4, -0.2) is 24.9 Å². The van der Waals surface area contributed by atoms with Gasteiger partial charge in [-0.15, -0.1) is 0 Å². The van der Waals surface area contributed by atoms with E-state index in [-0.39, 0.29) is 5.03 Å². The van der Waals surface area contributed by atoms with Gasteiger partial charge in [-0.2, -0.15) is 0 Å². The third-order valence-electron chi connectivity index (χ3n) is 3.01. The number of hydrogen-bond acceptors (Lipinski definition) is 3. The van der Waals surface area contributed by atoms with Gasteiger partial charge in [0.15, 0.2) is 5.03 Å². The van der Waals surface area contributed by atoms with E-state index in [0.717, 1.165) is 18.8 Å². The van der Waals surface area contributed by atoms with E-state index in [2.05, 4.69) is 14.7 Å². The molecule has 5 nitrogen and oxygen atoms in total. The molecule has 0 atom stereocenters. The molecule has 6 heteroatoms. The van der Waals surface area contributed by atoms with Crippen LogP contribution in [0.1, 0.15) is 38.4 Å². The Bertz CT molecular complexity index is 463. The summed E-state index contributed by atoms with van der Waals surface area (Å²) in [5.41, 5.74) is 0. The normalized spacial score (nSPS) is 16.3. The number of aromatic amines is 1. The van der Waals surface area contributed by atoms with Crippen molar-refractivity contribution in [1.29, 1.82) is 0 Å². The Morgan fingerprint density at radius 3 is 2.88 bits per heavy atom. The topological polar surface area (TPSA) is 74.8 Å². The fourth-order valence-corrected chi connectivity index (χ4v) is 2.75. The third-order valence-corrected chi connectivity index (χ3v) is 4.38. The molecule has 1 heterocycles. The van der Waals surface area contributed by atoms with Crippen molar-refractivity contribution in [3.63, 3.8) is 0 Å². The van der Waals surface area contributed by atoms with Crippen LogP contribution in [0, 0.1) is 5.92 Å². The van der Waals surface area contributed by atoms with Gasteiger partial charge in [-0.3, -0.25) is 0 Å². The molecule has 0 aliphatic heterocycles. The molecule has 0 radical (unpaired) electrons. The van der Waals surface area contributed by atoms with Crippen LogP contribution in [0.3, 0.4) is 0 Å². The van der Waals surface area contributed by atoms with E-state index in [1.165, 1.54) is 19.0 Å². The van der Waals surface area contributed by atoms with Crippen LogP contribution in [0.4, 0.5) is 0 Å². The highest BCUT2D eigenvalue weighted by atomic mass is 32.2. The number of aromatic nitrogens is 2. The number of nitrogens with one attached hydrogen (secondary N) is 2. The van der Waals surface area contributed by atoms with Crippen molar-refractivity contribution in [2.24, 2.45) is 5.92 Å². The lowest BCUT2D eigenvalue weighted by Gasteiger charge is -2.03. The molecule has 96 valence electrons. The van der Waals surface area contributed by atoms with Crippen molar-refractivity contribution in [2.75, 3.05) is 6.54 Å². The van der Waals surface area contributed by atoms with Crippen molar-refractivity contribution in [2.45, 2.75) is 44.1 Å². The molecule has 0 aromatic carbocycles. The average Bonchev–Trinajstić information content (AvgIpc) is 2.98. The molecule has 17 heavy (non-hydrogen) atoms. The highest BCUT2D eigenvalue weighted by Gasteiger charge is 2.21. The zero-order valence-corrected chi connectivity index (χ0v) is 10.9. The van der Waals surface area contributed by atoms with Crippen molar-refractivity contribution in [3.05, 3.63) is 12.0 Å². The smallest absolute Gasteiger partial charge is 0.257 e. The summed E-state index contributed by atoms with van der Waals surface area (Å²) >= 11 is 0. The summed E-state index contributed by atoms with van der Waals surface area (Å²) in [6.45, 7) is 2.44. The van der Waals surface area contributed by atoms with E-state index in [1.807, 2.05) is 6.92 Å². The SMILES string of the molecule is CCc1ncc(S(=O)(=O)NCCCC2CC2)[nH]1. The Balaban J connectivity index is 1.84. The summed E-state index contributed by atoms with van der Waals surface area (Å²) in [5.74, 6) is 1.54. The van der Waals surface area contributed by atoms with Gasteiger partial charge < -0.3 is 4.98 Å². The monoisotopic (exact) mass is 257 g/mol. The highest BCUT2D eigenvalue weighted by Crippen LogP contribution is 2.33. The zero-order valence-electron chi connectivity index (χ0n) is 10.1. The summed E-state index contributed by atoms with van der Waals surface area (Å²) in [7, 11) is -3.40. The van der Waals surface area contributed by atoms with Crippen molar-refractivity contribution in [1.82, 2.24) is 14.7 Å². The maximum atomic E-state index is 11.8. The molecule has 1 aromatic rings. The molecule has 1 aromatic heterocycles. The molecule has 1 aliphatic carbocycles. The van der Waals surface area contributed by atoms with Crippen LogP contribution in [0.25, 0.3) is 0 Å². The number of imidazole rings is 1. The van der Waals surface area contributed by atoms with Gasteiger partial charge in [-0.25, -0.2) is 18.1 Å². The van der Waals surface area contributed by atoms with E-state index in [1.54, 1.807) is 0 Å². The minimum absolute atomic E-state index is 0.167. The van der Waals surface area contributed by atoms with E-state index in [4.69, 9.17) is 0 Å². The van der Waals surface area contributed by atoms with Gasteiger partial charge in [0, 0.05) is 13.0 Å². The van der Waals surface area contributed by atoms with E-state index >= 15 is 0 Å². The summed E-state index contributed by atoms with van der Waals surface area (Å²) in [6.07, 6.45) is 6.75. The summed E-state index contributed by atoms with van der Waals surface area (Å²) < 4.78 is 26.3. The third kappa shape index (κ3) is 3.54. The number of hydrogen-bond donors (Lipinski definition) is 2. The number of H-pyrrole nitrogens is 1. The second-order valence-corrected chi connectivity index (χ2v) is 6.27. The van der Waals surface area contributed by atoms with Crippen LogP contribution < -0.4 is 4.72 Å².